The van der Waals surface area contributed by atoms with Gasteiger partial charge in [0.15, 0.2) is 0 Å². The molecule has 0 aromatic heterocycles. The highest BCUT2D eigenvalue weighted by molar-refractivity contribution is 5.01. The Kier molecular flexibility index (Phi) is 4.05. The molecule has 3 nitrogen and oxygen atoms in total. The molecule has 106 valence electrons. The zero-order valence-electron chi connectivity index (χ0n) is 12.4. The number of hydrogen-bond acceptors (Lipinski definition) is 3. The highest BCUT2D eigenvalue weighted by Gasteiger charge is 2.41. The summed E-state index contributed by atoms with van der Waals surface area (Å²) in [6.45, 7) is 8.16. The van der Waals surface area contributed by atoms with E-state index in [4.69, 9.17) is 4.74 Å². The average molecular weight is 254 g/mol. The van der Waals surface area contributed by atoms with Crippen molar-refractivity contribution in [3.63, 3.8) is 0 Å². The van der Waals surface area contributed by atoms with Gasteiger partial charge >= 0.3 is 0 Å². The molecule has 2 aliphatic rings. The standard InChI is InChI=1S/C15H28NO2/c1-14(2)10-13(11-15(3,4)16(14)17)18-12-8-6-5-7-9-12/h12-13H,5-11H2,1-4H3/q-1. The second-order valence-electron chi connectivity index (χ2n) is 7.35. The fraction of sp³-hybridized carbons (Fsp3) is 1.00. The van der Waals surface area contributed by atoms with Crippen LogP contribution in [0.2, 0.25) is 0 Å². The molecule has 0 aromatic rings. The fourth-order valence-corrected chi connectivity index (χ4v) is 3.74. The van der Waals surface area contributed by atoms with E-state index < -0.39 is 0 Å². The van der Waals surface area contributed by atoms with Crippen molar-refractivity contribution in [2.24, 2.45) is 0 Å². The normalized spacial score (nSPS) is 30.5. The molecule has 0 radical (unpaired) electrons. The lowest BCUT2D eigenvalue weighted by molar-refractivity contribution is -0.113. The molecule has 0 N–H and O–H groups in total. The monoisotopic (exact) mass is 254 g/mol. The second-order valence-corrected chi connectivity index (χ2v) is 7.35. The molecular weight excluding hydrogens is 226 g/mol. The molecule has 1 aliphatic carbocycles. The Balaban J connectivity index is 1.97. The van der Waals surface area contributed by atoms with Crippen molar-refractivity contribution < 1.29 is 4.74 Å². The number of hydrogen-bond donors (Lipinski definition) is 0. The summed E-state index contributed by atoms with van der Waals surface area (Å²) in [6, 6.07) is 0. The van der Waals surface area contributed by atoms with Gasteiger partial charge in [-0.3, -0.25) is 0 Å². The van der Waals surface area contributed by atoms with Crippen LogP contribution >= 0.6 is 0 Å². The maximum Gasteiger partial charge on any atom is 0.0613 e. The average Bonchev–Trinajstić information content (AvgIpc) is 2.26. The summed E-state index contributed by atoms with van der Waals surface area (Å²) < 4.78 is 6.29. The van der Waals surface area contributed by atoms with E-state index in [0.29, 0.717) is 6.10 Å². The van der Waals surface area contributed by atoms with Crippen LogP contribution in [0.15, 0.2) is 0 Å². The molecule has 1 heterocycles. The predicted molar refractivity (Wildman–Crippen MR) is 74.3 cm³/mol. The Labute approximate surface area is 111 Å². The lowest BCUT2D eigenvalue weighted by Crippen LogP contribution is -2.59. The molecule has 0 bridgehead atoms. The summed E-state index contributed by atoms with van der Waals surface area (Å²) in [4.78, 5) is 0. The molecule has 0 spiro atoms. The molecule has 2 rings (SSSR count). The van der Waals surface area contributed by atoms with Crippen LogP contribution in [-0.4, -0.2) is 28.3 Å². The third-order valence-corrected chi connectivity index (χ3v) is 4.49. The summed E-state index contributed by atoms with van der Waals surface area (Å²) in [7, 11) is 0. The van der Waals surface area contributed by atoms with Crippen LogP contribution in [0, 0.1) is 5.21 Å². The summed E-state index contributed by atoms with van der Waals surface area (Å²) in [5.41, 5.74) is -0.609. The van der Waals surface area contributed by atoms with Gasteiger partial charge in [-0.15, -0.1) is 0 Å². The van der Waals surface area contributed by atoms with Crippen LogP contribution in [0.4, 0.5) is 0 Å². The van der Waals surface area contributed by atoms with Crippen molar-refractivity contribution >= 4 is 0 Å². The number of hydroxylamine groups is 2. The lowest BCUT2D eigenvalue weighted by Gasteiger charge is -2.60. The molecule has 1 aliphatic heterocycles. The third kappa shape index (κ3) is 3.06. The van der Waals surface area contributed by atoms with E-state index >= 15 is 0 Å². The van der Waals surface area contributed by atoms with Crippen molar-refractivity contribution in [2.75, 3.05) is 0 Å². The van der Waals surface area contributed by atoms with Crippen LogP contribution in [0.25, 0.3) is 0 Å². The zero-order valence-corrected chi connectivity index (χ0v) is 12.4. The maximum absolute atomic E-state index is 12.3. The SMILES string of the molecule is CC1(C)CC(OC2CCCCC2)CC(C)(C)N1[O-]. The van der Waals surface area contributed by atoms with Gasteiger partial charge in [0.05, 0.1) is 12.2 Å². The van der Waals surface area contributed by atoms with Gasteiger partial charge in [-0.05, 0) is 53.4 Å². The van der Waals surface area contributed by atoms with Crippen molar-refractivity contribution in [3.8, 4) is 0 Å². The highest BCUT2D eigenvalue weighted by Crippen LogP contribution is 2.39. The first-order valence-electron chi connectivity index (χ1n) is 7.44. The number of rotatable bonds is 2. The Bertz CT molecular complexity index is 264. The van der Waals surface area contributed by atoms with Crippen LogP contribution < -0.4 is 0 Å². The van der Waals surface area contributed by atoms with Gasteiger partial charge in [0, 0.05) is 11.1 Å². The molecule has 18 heavy (non-hydrogen) atoms. The summed E-state index contributed by atoms with van der Waals surface area (Å²) in [5.74, 6) is 0. The smallest absolute Gasteiger partial charge is 0.0613 e. The first kappa shape index (κ1) is 14.3. The van der Waals surface area contributed by atoms with E-state index in [1.54, 1.807) is 0 Å². The molecular formula is C15H28NO2-. The highest BCUT2D eigenvalue weighted by atomic mass is 16.5. The van der Waals surface area contributed by atoms with Crippen LogP contribution in [0.1, 0.15) is 72.6 Å². The minimum atomic E-state index is -0.304. The topological polar surface area (TPSA) is 35.5 Å². The number of ether oxygens (including phenoxy) is 1. The van der Waals surface area contributed by atoms with Gasteiger partial charge in [0.2, 0.25) is 0 Å². The van der Waals surface area contributed by atoms with Crippen molar-refractivity contribution in [1.82, 2.24) is 5.06 Å². The van der Waals surface area contributed by atoms with Crippen LogP contribution in [-0.2, 0) is 4.74 Å². The molecule has 1 saturated carbocycles. The van der Waals surface area contributed by atoms with Crippen molar-refractivity contribution in [2.45, 2.75) is 95.9 Å². The Morgan fingerprint density at radius 1 is 0.889 bits per heavy atom. The van der Waals surface area contributed by atoms with Gasteiger partial charge < -0.3 is 15.0 Å². The third-order valence-electron chi connectivity index (χ3n) is 4.49. The first-order chi connectivity index (χ1) is 8.31. The number of nitrogens with zero attached hydrogens (tertiary/aromatic N) is 1. The first-order valence-corrected chi connectivity index (χ1v) is 7.44. The summed E-state index contributed by atoms with van der Waals surface area (Å²) in [6.07, 6.45) is 8.78. The molecule has 1 saturated heterocycles. The van der Waals surface area contributed by atoms with Crippen molar-refractivity contribution in [1.29, 1.82) is 0 Å². The van der Waals surface area contributed by atoms with Gasteiger partial charge in [-0.2, -0.15) is 0 Å². The zero-order chi connectivity index (χ0) is 13.4. The largest absolute Gasteiger partial charge is 0.784 e. The summed E-state index contributed by atoms with van der Waals surface area (Å²) in [5, 5.41) is 13.5. The Morgan fingerprint density at radius 2 is 1.39 bits per heavy atom. The van der Waals surface area contributed by atoms with Gasteiger partial charge in [0.25, 0.3) is 0 Å². The molecule has 0 unspecified atom stereocenters. The van der Waals surface area contributed by atoms with E-state index in [-0.39, 0.29) is 17.2 Å². The molecule has 3 heteroatoms. The van der Waals surface area contributed by atoms with E-state index in [9.17, 15) is 5.21 Å². The van der Waals surface area contributed by atoms with Gasteiger partial charge in [-0.25, -0.2) is 0 Å². The fourth-order valence-electron chi connectivity index (χ4n) is 3.74. The van der Waals surface area contributed by atoms with E-state index in [1.165, 1.54) is 37.2 Å². The van der Waals surface area contributed by atoms with E-state index in [0.717, 1.165) is 12.8 Å². The Hall–Kier alpha value is -0.120. The predicted octanol–water partition coefficient (Wildman–Crippen LogP) is 3.86. The minimum Gasteiger partial charge on any atom is -0.784 e. The van der Waals surface area contributed by atoms with Crippen molar-refractivity contribution in [3.05, 3.63) is 5.21 Å². The molecule has 0 atom stereocenters. The molecule has 0 aromatic carbocycles. The minimum absolute atomic E-state index is 0.253. The Morgan fingerprint density at radius 3 is 1.89 bits per heavy atom. The van der Waals surface area contributed by atoms with Crippen LogP contribution in [0.3, 0.4) is 0 Å². The van der Waals surface area contributed by atoms with E-state index in [2.05, 4.69) is 0 Å². The number of piperidine rings is 1. The second kappa shape index (κ2) is 5.10. The maximum atomic E-state index is 12.3. The van der Waals surface area contributed by atoms with Crippen LogP contribution in [0.5, 0.6) is 0 Å². The lowest BCUT2D eigenvalue weighted by atomic mass is 9.80. The molecule has 2 fully saturated rings. The van der Waals surface area contributed by atoms with Gasteiger partial charge in [-0.1, -0.05) is 19.3 Å². The summed E-state index contributed by atoms with van der Waals surface area (Å²) >= 11 is 0. The quantitative estimate of drug-likeness (QED) is 0.750. The van der Waals surface area contributed by atoms with Gasteiger partial charge in [0.1, 0.15) is 0 Å². The molecule has 0 amide bonds. The van der Waals surface area contributed by atoms with E-state index in [1.807, 2.05) is 27.7 Å².